The first kappa shape index (κ1) is 23.8. The number of nitrogens with one attached hydrogen (secondary N) is 3. The molecule has 8 nitrogen and oxygen atoms in total. The lowest BCUT2D eigenvalue weighted by Gasteiger charge is -2.40. The SMILES string of the molecule is CNC(=O)c1nn(-c2ccccc2)c(NC(=O)N[C@H]2c3cc(Cl)ccc3C(C)(C)C[C@@H]2O)c1C. The number of rotatable bonds is 4. The Kier molecular flexibility index (Phi) is 6.38. The van der Waals surface area contributed by atoms with E-state index in [2.05, 4.69) is 34.9 Å². The summed E-state index contributed by atoms with van der Waals surface area (Å²) < 4.78 is 1.52. The van der Waals surface area contributed by atoms with E-state index < -0.39 is 18.2 Å². The van der Waals surface area contributed by atoms with E-state index in [1.807, 2.05) is 42.5 Å². The summed E-state index contributed by atoms with van der Waals surface area (Å²) in [5, 5.41) is 24.2. The number of hydrogen-bond donors (Lipinski definition) is 4. The number of amides is 3. The minimum absolute atomic E-state index is 0.207. The number of aliphatic hydroxyl groups excluding tert-OH is 1. The summed E-state index contributed by atoms with van der Waals surface area (Å²) >= 11 is 6.25. The normalized spacial score (nSPS) is 18.6. The summed E-state index contributed by atoms with van der Waals surface area (Å²) in [4.78, 5) is 25.5. The Bertz CT molecular complexity index is 1240. The van der Waals surface area contributed by atoms with Gasteiger partial charge in [-0.05, 0) is 54.2 Å². The highest BCUT2D eigenvalue weighted by molar-refractivity contribution is 6.30. The van der Waals surface area contributed by atoms with Crippen molar-refractivity contribution in [1.82, 2.24) is 20.4 Å². The van der Waals surface area contributed by atoms with Gasteiger partial charge in [-0.15, -0.1) is 0 Å². The first-order valence-electron chi connectivity index (χ1n) is 11.0. The molecule has 1 aliphatic rings. The van der Waals surface area contributed by atoms with Crippen molar-refractivity contribution in [3.63, 3.8) is 0 Å². The highest BCUT2D eigenvalue weighted by Crippen LogP contribution is 2.42. The van der Waals surface area contributed by atoms with Crippen molar-refractivity contribution < 1.29 is 14.7 Å². The summed E-state index contributed by atoms with van der Waals surface area (Å²) in [6, 6.07) is 13.6. The van der Waals surface area contributed by atoms with Crippen LogP contribution >= 0.6 is 11.6 Å². The Balaban J connectivity index is 1.67. The molecule has 0 saturated heterocycles. The molecule has 1 heterocycles. The number of aliphatic hydroxyl groups is 1. The van der Waals surface area contributed by atoms with Crippen molar-refractivity contribution in [1.29, 1.82) is 0 Å². The summed E-state index contributed by atoms with van der Waals surface area (Å²) in [7, 11) is 1.53. The van der Waals surface area contributed by atoms with Gasteiger partial charge in [0.05, 0.1) is 17.8 Å². The highest BCUT2D eigenvalue weighted by Gasteiger charge is 2.39. The van der Waals surface area contributed by atoms with E-state index >= 15 is 0 Å². The van der Waals surface area contributed by atoms with E-state index in [9.17, 15) is 14.7 Å². The molecule has 2 atom stereocenters. The lowest BCUT2D eigenvalue weighted by Crippen LogP contribution is -2.45. The third-order valence-electron chi connectivity index (χ3n) is 6.27. The lowest BCUT2D eigenvalue weighted by atomic mass is 9.69. The monoisotopic (exact) mass is 481 g/mol. The summed E-state index contributed by atoms with van der Waals surface area (Å²) in [5.41, 5.74) is 2.96. The van der Waals surface area contributed by atoms with Gasteiger partial charge in [-0.2, -0.15) is 5.10 Å². The fourth-order valence-electron chi connectivity index (χ4n) is 4.56. The van der Waals surface area contributed by atoms with Gasteiger partial charge in [-0.25, -0.2) is 9.48 Å². The molecule has 0 bridgehead atoms. The van der Waals surface area contributed by atoms with E-state index in [0.29, 0.717) is 28.5 Å². The number of anilines is 1. The zero-order chi connectivity index (χ0) is 24.6. The number of hydrogen-bond acceptors (Lipinski definition) is 4. The Morgan fingerprint density at radius 2 is 1.88 bits per heavy atom. The molecule has 1 aromatic heterocycles. The number of carbonyl (C=O) groups excluding carboxylic acids is 2. The van der Waals surface area contributed by atoms with E-state index in [1.54, 1.807) is 13.0 Å². The van der Waals surface area contributed by atoms with Gasteiger partial charge in [0.2, 0.25) is 0 Å². The zero-order valence-electron chi connectivity index (χ0n) is 19.5. The van der Waals surface area contributed by atoms with Gasteiger partial charge in [-0.3, -0.25) is 10.1 Å². The third-order valence-corrected chi connectivity index (χ3v) is 6.50. The smallest absolute Gasteiger partial charge is 0.320 e. The number of benzene rings is 2. The van der Waals surface area contributed by atoms with Crippen LogP contribution in [0.4, 0.5) is 10.6 Å². The van der Waals surface area contributed by atoms with E-state index in [-0.39, 0.29) is 17.0 Å². The van der Waals surface area contributed by atoms with Crippen molar-refractivity contribution >= 4 is 29.4 Å². The molecule has 178 valence electrons. The second kappa shape index (κ2) is 9.12. The number of para-hydroxylation sites is 1. The van der Waals surface area contributed by atoms with Gasteiger partial charge in [-0.1, -0.05) is 49.7 Å². The van der Waals surface area contributed by atoms with Crippen LogP contribution in [-0.4, -0.2) is 40.0 Å². The molecule has 4 N–H and O–H groups in total. The number of urea groups is 1. The molecule has 3 amide bonds. The largest absolute Gasteiger partial charge is 0.391 e. The molecule has 0 unspecified atom stereocenters. The van der Waals surface area contributed by atoms with Gasteiger partial charge in [0, 0.05) is 17.6 Å². The summed E-state index contributed by atoms with van der Waals surface area (Å²) in [5.74, 6) is 0.00314. The highest BCUT2D eigenvalue weighted by atomic mass is 35.5. The standard InChI is InChI=1S/C25H28ClN5O3/c1-14-20(23(33)27-4)30-31(16-8-6-5-7-9-16)22(14)29-24(34)28-21-17-12-15(26)10-11-18(17)25(2,3)13-19(21)32/h5-12,19,21,32H,13H2,1-4H3,(H,27,33)(H2,28,29,34)/t19-,21-/m0/s1. The van der Waals surface area contributed by atoms with Crippen LogP contribution in [0.3, 0.4) is 0 Å². The second-order valence-corrected chi connectivity index (χ2v) is 9.55. The molecule has 0 radical (unpaired) electrons. The quantitative estimate of drug-likeness (QED) is 0.450. The van der Waals surface area contributed by atoms with E-state index in [4.69, 9.17) is 11.6 Å². The molecule has 1 aliphatic carbocycles. The summed E-state index contributed by atoms with van der Waals surface area (Å²) in [6.07, 6.45) is -0.317. The van der Waals surface area contributed by atoms with Crippen LogP contribution in [0.2, 0.25) is 5.02 Å². The molecule has 0 saturated carbocycles. The van der Waals surface area contributed by atoms with E-state index in [0.717, 1.165) is 11.1 Å². The average Bonchev–Trinajstić information content (AvgIpc) is 3.12. The van der Waals surface area contributed by atoms with Crippen molar-refractivity contribution in [2.75, 3.05) is 12.4 Å². The summed E-state index contributed by atoms with van der Waals surface area (Å²) in [6.45, 7) is 5.84. The van der Waals surface area contributed by atoms with Crippen molar-refractivity contribution in [2.45, 2.75) is 44.8 Å². The number of fused-ring (bicyclic) bond motifs is 1. The van der Waals surface area contributed by atoms with Crippen LogP contribution in [0.25, 0.3) is 5.69 Å². The maximum atomic E-state index is 13.2. The number of carbonyl (C=O) groups is 2. The maximum absolute atomic E-state index is 13.2. The molecule has 34 heavy (non-hydrogen) atoms. The zero-order valence-corrected chi connectivity index (χ0v) is 20.3. The average molecular weight is 482 g/mol. The molecular formula is C25H28ClN5O3. The topological polar surface area (TPSA) is 108 Å². The molecule has 0 aliphatic heterocycles. The van der Waals surface area contributed by atoms with Gasteiger partial charge >= 0.3 is 6.03 Å². The number of halogens is 1. The Morgan fingerprint density at radius 1 is 1.18 bits per heavy atom. The minimum Gasteiger partial charge on any atom is -0.391 e. The van der Waals surface area contributed by atoms with Gasteiger partial charge < -0.3 is 15.7 Å². The van der Waals surface area contributed by atoms with Crippen molar-refractivity contribution in [3.8, 4) is 5.69 Å². The molecule has 4 rings (SSSR count). The van der Waals surface area contributed by atoms with Crippen LogP contribution in [0.1, 0.15) is 53.5 Å². The Morgan fingerprint density at radius 3 is 2.56 bits per heavy atom. The maximum Gasteiger partial charge on any atom is 0.320 e. The van der Waals surface area contributed by atoms with Crippen LogP contribution in [0.5, 0.6) is 0 Å². The van der Waals surface area contributed by atoms with Crippen LogP contribution in [0.15, 0.2) is 48.5 Å². The Hall–Kier alpha value is -3.36. The van der Waals surface area contributed by atoms with E-state index in [1.165, 1.54) is 11.7 Å². The fraction of sp³-hybridized carbons (Fsp3) is 0.320. The van der Waals surface area contributed by atoms with Crippen molar-refractivity contribution in [3.05, 3.63) is 75.9 Å². The predicted molar refractivity (Wildman–Crippen MR) is 132 cm³/mol. The van der Waals surface area contributed by atoms with Crippen LogP contribution in [0, 0.1) is 6.92 Å². The molecular weight excluding hydrogens is 454 g/mol. The van der Waals surface area contributed by atoms with Gasteiger partial charge in [0.25, 0.3) is 5.91 Å². The van der Waals surface area contributed by atoms with Crippen molar-refractivity contribution in [2.24, 2.45) is 0 Å². The number of nitrogens with zero attached hydrogens (tertiary/aromatic N) is 2. The molecule has 0 fully saturated rings. The van der Waals surface area contributed by atoms with Gasteiger partial charge in [0.15, 0.2) is 5.69 Å². The molecule has 9 heteroatoms. The minimum atomic E-state index is -0.798. The molecule has 0 spiro atoms. The molecule has 2 aromatic carbocycles. The predicted octanol–water partition coefficient (Wildman–Crippen LogP) is 4.10. The fourth-order valence-corrected chi connectivity index (χ4v) is 4.74. The lowest BCUT2D eigenvalue weighted by molar-refractivity contribution is 0.0883. The van der Waals surface area contributed by atoms with Crippen LogP contribution in [-0.2, 0) is 5.41 Å². The number of aromatic nitrogens is 2. The van der Waals surface area contributed by atoms with Gasteiger partial charge in [0.1, 0.15) is 5.82 Å². The first-order chi connectivity index (χ1) is 16.1. The third kappa shape index (κ3) is 4.38. The first-order valence-corrected chi connectivity index (χ1v) is 11.4. The molecule has 3 aromatic rings. The van der Waals surface area contributed by atoms with Crippen LogP contribution < -0.4 is 16.0 Å². The second-order valence-electron chi connectivity index (χ2n) is 9.11. The Labute approximate surface area is 203 Å².